The standard InChI is InChI=1S/C13H26O2/c1-4-12(2)10-8-6-5-7-9-11-15-13(3)14/h12H,4-11H2,1-3H3/t12-/m1/s1. The minimum atomic E-state index is -0.160. The molecule has 0 amide bonds. The second-order valence-electron chi connectivity index (χ2n) is 4.41. The summed E-state index contributed by atoms with van der Waals surface area (Å²) in [7, 11) is 0. The first-order valence-electron chi connectivity index (χ1n) is 6.30. The Balaban J connectivity index is 3.02. The summed E-state index contributed by atoms with van der Waals surface area (Å²) in [5, 5.41) is 0. The molecular weight excluding hydrogens is 188 g/mol. The smallest absolute Gasteiger partial charge is 0.302 e. The molecule has 0 heterocycles. The van der Waals surface area contributed by atoms with Gasteiger partial charge in [0.1, 0.15) is 0 Å². The predicted octanol–water partition coefficient (Wildman–Crippen LogP) is 3.94. The van der Waals surface area contributed by atoms with E-state index < -0.39 is 0 Å². The Morgan fingerprint density at radius 3 is 2.33 bits per heavy atom. The quantitative estimate of drug-likeness (QED) is 0.429. The van der Waals surface area contributed by atoms with Gasteiger partial charge in [-0.1, -0.05) is 52.4 Å². The van der Waals surface area contributed by atoms with E-state index in [2.05, 4.69) is 13.8 Å². The minimum absolute atomic E-state index is 0.160. The van der Waals surface area contributed by atoms with Crippen LogP contribution in [0.15, 0.2) is 0 Å². The zero-order chi connectivity index (χ0) is 11.5. The zero-order valence-electron chi connectivity index (χ0n) is 10.6. The highest BCUT2D eigenvalue weighted by Crippen LogP contribution is 2.13. The van der Waals surface area contributed by atoms with Crippen LogP contribution in [0.25, 0.3) is 0 Å². The first-order chi connectivity index (χ1) is 7.16. The lowest BCUT2D eigenvalue weighted by Gasteiger charge is -2.07. The molecule has 0 radical (unpaired) electrons. The fourth-order valence-corrected chi connectivity index (χ4v) is 1.55. The van der Waals surface area contributed by atoms with Crippen molar-refractivity contribution in [1.82, 2.24) is 0 Å². The van der Waals surface area contributed by atoms with Crippen LogP contribution in [0.2, 0.25) is 0 Å². The molecule has 0 unspecified atom stereocenters. The van der Waals surface area contributed by atoms with Crippen LogP contribution >= 0.6 is 0 Å². The van der Waals surface area contributed by atoms with E-state index in [0.717, 1.165) is 12.3 Å². The number of carbonyl (C=O) groups excluding carboxylic acids is 1. The van der Waals surface area contributed by atoms with Crippen molar-refractivity contribution in [1.29, 1.82) is 0 Å². The molecule has 0 aromatic carbocycles. The highest BCUT2D eigenvalue weighted by molar-refractivity contribution is 5.65. The summed E-state index contributed by atoms with van der Waals surface area (Å²) in [6.45, 7) is 6.64. The van der Waals surface area contributed by atoms with Crippen molar-refractivity contribution in [3.8, 4) is 0 Å². The van der Waals surface area contributed by atoms with Gasteiger partial charge in [-0.15, -0.1) is 0 Å². The summed E-state index contributed by atoms with van der Waals surface area (Å²) in [6, 6.07) is 0. The van der Waals surface area contributed by atoms with E-state index >= 15 is 0 Å². The molecule has 0 aromatic heterocycles. The van der Waals surface area contributed by atoms with Crippen LogP contribution in [0.5, 0.6) is 0 Å². The van der Waals surface area contributed by atoms with E-state index in [1.54, 1.807) is 0 Å². The zero-order valence-corrected chi connectivity index (χ0v) is 10.6. The largest absolute Gasteiger partial charge is 0.466 e. The molecule has 0 aliphatic rings. The van der Waals surface area contributed by atoms with Crippen LogP contribution in [-0.2, 0) is 9.53 Å². The lowest BCUT2D eigenvalue weighted by atomic mass is 10.0. The molecule has 15 heavy (non-hydrogen) atoms. The van der Waals surface area contributed by atoms with Crippen LogP contribution in [-0.4, -0.2) is 12.6 Å². The third-order valence-electron chi connectivity index (χ3n) is 2.84. The van der Waals surface area contributed by atoms with Crippen LogP contribution in [0.4, 0.5) is 0 Å². The van der Waals surface area contributed by atoms with Gasteiger partial charge in [-0.25, -0.2) is 0 Å². The molecule has 2 heteroatoms. The third kappa shape index (κ3) is 11.4. The summed E-state index contributed by atoms with van der Waals surface area (Å²) in [4.78, 5) is 10.5. The lowest BCUT2D eigenvalue weighted by Crippen LogP contribution is -2.00. The molecule has 0 bridgehead atoms. The Labute approximate surface area is 94.4 Å². The SMILES string of the molecule is CC[C@@H](C)CCCCCCCOC(C)=O. The Hall–Kier alpha value is -0.530. The van der Waals surface area contributed by atoms with Gasteiger partial charge in [-0.2, -0.15) is 0 Å². The average molecular weight is 214 g/mol. The van der Waals surface area contributed by atoms with E-state index in [9.17, 15) is 4.79 Å². The number of hydrogen-bond donors (Lipinski definition) is 0. The van der Waals surface area contributed by atoms with Crippen LogP contribution in [0.3, 0.4) is 0 Å². The van der Waals surface area contributed by atoms with Gasteiger partial charge in [0.05, 0.1) is 6.61 Å². The van der Waals surface area contributed by atoms with Crippen molar-refractivity contribution >= 4 is 5.97 Å². The molecule has 1 atom stereocenters. The Bertz CT molecular complexity index is 155. The monoisotopic (exact) mass is 214 g/mol. The average Bonchev–Trinajstić information content (AvgIpc) is 2.21. The molecule has 0 aliphatic carbocycles. The fourth-order valence-electron chi connectivity index (χ4n) is 1.55. The molecule has 0 N–H and O–H groups in total. The van der Waals surface area contributed by atoms with Crippen LogP contribution < -0.4 is 0 Å². The maximum atomic E-state index is 10.5. The van der Waals surface area contributed by atoms with Crippen molar-refractivity contribution in [2.45, 2.75) is 65.7 Å². The van der Waals surface area contributed by atoms with Gasteiger partial charge in [0.25, 0.3) is 0 Å². The van der Waals surface area contributed by atoms with Crippen molar-refractivity contribution in [3.63, 3.8) is 0 Å². The number of ether oxygens (including phenoxy) is 1. The van der Waals surface area contributed by atoms with Crippen LogP contribution in [0, 0.1) is 5.92 Å². The fraction of sp³-hybridized carbons (Fsp3) is 0.923. The Morgan fingerprint density at radius 1 is 1.13 bits per heavy atom. The van der Waals surface area contributed by atoms with Crippen molar-refractivity contribution in [2.24, 2.45) is 5.92 Å². The third-order valence-corrected chi connectivity index (χ3v) is 2.84. The summed E-state index contributed by atoms with van der Waals surface area (Å²) in [5.74, 6) is 0.720. The highest BCUT2D eigenvalue weighted by Gasteiger charge is 1.98. The molecule has 0 aliphatic heterocycles. The summed E-state index contributed by atoms with van der Waals surface area (Å²) in [5.41, 5.74) is 0. The van der Waals surface area contributed by atoms with E-state index in [0.29, 0.717) is 6.61 Å². The summed E-state index contributed by atoms with van der Waals surface area (Å²) < 4.78 is 4.87. The van der Waals surface area contributed by atoms with Gasteiger partial charge in [0.15, 0.2) is 0 Å². The highest BCUT2D eigenvalue weighted by atomic mass is 16.5. The van der Waals surface area contributed by atoms with E-state index in [-0.39, 0.29) is 5.97 Å². The summed E-state index contributed by atoms with van der Waals surface area (Å²) in [6.07, 6.45) is 8.81. The Morgan fingerprint density at radius 2 is 1.73 bits per heavy atom. The van der Waals surface area contributed by atoms with Gasteiger partial charge >= 0.3 is 5.97 Å². The van der Waals surface area contributed by atoms with Crippen molar-refractivity contribution < 1.29 is 9.53 Å². The van der Waals surface area contributed by atoms with Crippen molar-refractivity contribution in [3.05, 3.63) is 0 Å². The molecule has 2 nitrogen and oxygen atoms in total. The first-order valence-corrected chi connectivity index (χ1v) is 6.30. The second-order valence-corrected chi connectivity index (χ2v) is 4.41. The number of rotatable bonds is 9. The number of carbonyl (C=O) groups is 1. The second kappa shape index (κ2) is 10.0. The lowest BCUT2D eigenvalue weighted by molar-refractivity contribution is -0.141. The minimum Gasteiger partial charge on any atom is -0.466 e. The van der Waals surface area contributed by atoms with Crippen molar-refractivity contribution in [2.75, 3.05) is 6.61 Å². The van der Waals surface area contributed by atoms with E-state index in [1.807, 2.05) is 0 Å². The van der Waals surface area contributed by atoms with Gasteiger partial charge < -0.3 is 4.74 Å². The van der Waals surface area contributed by atoms with Crippen LogP contribution in [0.1, 0.15) is 65.7 Å². The topological polar surface area (TPSA) is 26.3 Å². The molecule has 0 saturated heterocycles. The van der Waals surface area contributed by atoms with Gasteiger partial charge in [-0.05, 0) is 12.3 Å². The molecule has 0 rings (SSSR count). The number of unbranched alkanes of at least 4 members (excludes halogenated alkanes) is 4. The van der Waals surface area contributed by atoms with E-state index in [1.165, 1.54) is 45.4 Å². The number of esters is 1. The molecular formula is C13H26O2. The normalized spacial score (nSPS) is 12.5. The molecule has 90 valence electrons. The van der Waals surface area contributed by atoms with Gasteiger partial charge in [0, 0.05) is 6.92 Å². The predicted molar refractivity (Wildman–Crippen MR) is 63.8 cm³/mol. The van der Waals surface area contributed by atoms with Gasteiger partial charge in [0.2, 0.25) is 0 Å². The maximum absolute atomic E-state index is 10.5. The molecule has 0 aromatic rings. The Kier molecular flexibility index (Phi) is 9.65. The maximum Gasteiger partial charge on any atom is 0.302 e. The van der Waals surface area contributed by atoms with E-state index in [4.69, 9.17) is 4.74 Å². The molecule has 0 spiro atoms. The summed E-state index contributed by atoms with van der Waals surface area (Å²) >= 11 is 0. The molecule has 0 fully saturated rings. The van der Waals surface area contributed by atoms with Gasteiger partial charge in [-0.3, -0.25) is 4.79 Å². The number of hydrogen-bond acceptors (Lipinski definition) is 2. The first kappa shape index (κ1) is 14.5. The molecule has 0 saturated carbocycles.